The Morgan fingerprint density at radius 3 is 2.62 bits per heavy atom. The fraction of sp³-hybridized carbons (Fsp3) is 0.417. The molecule has 0 radical (unpaired) electrons. The fourth-order valence-electron chi connectivity index (χ4n) is 5.41. The number of pyridine rings is 1. The SMILES string of the molecule is O=C(N[C@H]1COc2c(c(F)cc(N3CC4CC(C3)N4)c2C(F)(F)F)C1)c1cnc2c(ccn2C(F)F)c1. The fourth-order valence-corrected chi connectivity index (χ4v) is 5.41. The first-order chi connectivity index (χ1) is 17.6. The van der Waals surface area contributed by atoms with E-state index in [2.05, 4.69) is 15.6 Å². The molecule has 3 aromatic rings. The van der Waals surface area contributed by atoms with Crippen LogP contribution in [0.1, 0.15) is 34.5 Å². The van der Waals surface area contributed by atoms with Crippen LogP contribution in [0.15, 0.2) is 30.6 Å². The van der Waals surface area contributed by atoms with Gasteiger partial charge in [-0.1, -0.05) is 0 Å². The van der Waals surface area contributed by atoms with E-state index in [1.54, 1.807) is 4.90 Å². The van der Waals surface area contributed by atoms with Gasteiger partial charge in [0, 0.05) is 54.9 Å². The van der Waals surface area contributed by atoms with Crippen molar-refractivity contribution in [1.82, 2.24) is 20.2 Å². The Balaban J connectivity index is 1.25. The Hall–Kier alpha value is -3.48. The van der Waals surface area contributed by atoms with Gasteiger partial charge in [-0.25, -0.2) is 9.37 Å². The van der Waals surface area contributed by atoms with Gasteiger partial charge in [0.05, 0.1) is 17.3 Å². The lowest BCUT2D eigenvalue weighted by molar-refractivity contribution is -0.138. The van der Waals surface area contributed by atoms with Gasteiger partial charge in [-0.05, 0) is 24.6 Å². The lowest BCUT2D eigenvalue weighted by Gasteiger charge is -2.49. The standard InChI is InChI=1S/C24H21F6N5O2/c25-17-6-18(34-8-13-4-14(9-34)32-13)19(24(28,29)30)20-16(17)5-15(10-37-20)33-22(36)12-3-11-1-2-35(23(26)27)21(11)31-7-12/h1-3,6-7,13-15,23,32H,4-5,8-10H2,(H,33,36)/t13?,14?,15-/m1/s1. The number of carbonyl (C=O) groups excluding carboxylic acids is 1. The zero-order chi connectivity index (χ0) is 26.1. The Bertz CT molecular complexity index is 1370. The number of piperidine rings is 1. The first kappa shape index (κ1) is 23.9. The molecule has 3 atom stereocenters. The van der Waals surface area contributed by atoms with E-state index in [4.69, 9.17) is 4.74 Å². The molecule has 0 saturated carbocycles. The number of benzene rings is 1. The maximum atomic E-state index is 15.2. The number of halogens is 6. The smallest absolute Gasteiger partial charge is 0.421 e. The van der Waals surface area contributed by atoms with E-state index in [-0.39, 0.29) is 47.6 Å². The summed E-state index contributed by atoms with van der Waals surface area (Å²) in [6, 6.07) is 3.00. The average molecular weight is 525 g/mol. The summed E-state index contributed by atoms with van der Waals surface area (Å²) in [6.07, 6.45) is -1.83. The third-order valence-corrected chi connectivity index (χ3v) is 7.10. The first-order valence-electron chi connectivity index (χ1n) is 11.7. The third kappa shape index (κ3) is 4.14. The summed E-state index contributed by atoms with van der Waals surface area (Å²) >= 11 is 0. The Morgan fingerprint density at radius 1 is 1.22 bits per heavy atom. The van der Waals surface area contributed by atoms with Gasteiger partial charge in [-0.3, -0.25) is 9.36 Å². The highest BCUT2D eigenvalue weighted by Gasteiger charge is 2.45. The predicted molar refractivity (Wildman–Crippen MR) is 120 cm³/mol. The number of piperazine rings is 1. The highest BCUT2D eigenvalue weighted by atomic mass is 19.4. The molecule has 6 heterocycles. The number of carbonyl (C=O) groups is 1. The van der Waals surface area contributed by atoms with Gasteiger partial charge in [-0.15, -0.1) is 0 Å². The summed E-state index contributed by atoms with van der Waals surface area (Å²) in [5.41, 5.74) is -1.43. The van der Waals surface area contributed by atoms with Crippen LogP contribution >= 0.6 is 0 Å². The molecule has 3 fully saturated rings. The number of ether oxygens (including phenoxy) is 1. The molecule has 4 aliphatic heterocycles. The molecule has 2 N–H and O–H groups in total. The van der Waals surface area contributed by atoms with Crippen molar-refractivity contribution in [2.45, 2.75) is 43.7 Å². The number of hydrogen-bond donors (Lipinski definition) is 2. The van der Waals surface area contributed by atoms with E-state index in [0.29, 0.717) is 23.0 Å². The quantitative estimate of drug-likeness (QED) is 0.507. The molecule has 7 rings (SSSR count). The van der Waals surface area contributed by atoms with Gasteiger partial charge in [0.1, 0.15) is 29.4 Å². The van der Waals surface area contributed by atoms with Crippen LogP contribution in [0.4, 0.5) is 32.0 Å². The second kappa shape index (κ2) is 8.54. The minimum absolute atomic E-state index is 0.000761. The molecular weight excluding hydrogens is 504 g/mol. The zero-order valence-electron chi connectivity index (χ0n) is 19.2. The van der Waals surface area contributed by atoms with Crippen molar-refractivity contribution in [2.75, 3.05) is 24.6 Å². The summed E-state index contributed by atoms with van der Waals surface area (Å²) in [7, 11) is 0. The van der Waals surface area contributed by atoms with Gasteiger partial charge in [0.25, 0.3) is 5.91 Å². The van der Waals surface area contributed by atoms with Crippen LogP contribution in [0.3, 0.4) is 0 Å². The number of alkyl halides is 5. The molecule has 196 valence electrons. The molecule has 37 heavy (non-hydrogen) atoms. The van der Waals surface area contributed by atoms with Crippen molar-refractivity contribution in [3.63, 3.8) is 0 Å². The minimum atomic E-state index is -4.77. The van der Waals surface area contributed by atoms with Crippen LogP contribution in [0, 0.1) is 5.82 Å². The number of nitrogens with zero attached hydrogens (tertiary/aromatic N) is 3. The maximum absolute atomic E-state index is 15.2. The molecule has 4 aliphatic rings. The molecule has 7 nitrogen and oxygen atoms in total. The Labute approximate surface area is 206 Å². The van der Waals surface area contributed by atoms with Crippen molar-refractivity contribution < 1.29 is 35.9 Å². The number of aromatic nitrogens is 2. The van der Waals surface area contributed by atoms with E-state index in [0.717, 1.165) is 24.9 Å². The largest absolute Gasteiger partial charge is 0.490 e. The van der Waals surface area contributed by atoms with Crippen molar-refractivity contribution in [3.05, 3.63) is 53.1 Å². The number of fused-ring (bicyclic) bond motifs is 4. The van der Waals surface area contributed by atoms with Crippen LogP contribution in [-0.2, 0) is 12.6 Å². The maximum Gasteiger partial charge on any atom is 0.421 e. The molecule has 13 heteroatoms. The van der Waals surface area contributed by atoms with Gasteiger partial charge >= 0.3 is 12.7 Å². The normalized spacial score (nSPS) is 23.0. The van der Waals surface area contributed by atoms with Gasteiger partial charge < -0.3 is 20.3 Å². The zero-order valence-corrected chi connectivity index (χ0v) is 19.2. The molecule has 2 aromatic heterocycles. The molecule has 1 aromatic carbocycles. The molecule has 0 spiro atoms. The summed E-state index contributed by atoms with van der Waals surface area (Å²) < 4.78 is 89.8. The number of nitrogens with one attached hydrogen (secondary N) is 2. The van der Waals surface area contributed by atoms with E-state index in [1.165, 1.54) is 12.1 Å². The van der Waals surface area contributed by atoms with Crippen molar-refractivity contribution >= 4 is 22.6 Å². The van der Waals surface area contributed by atoms with Crippen LogP contribution in [-0.4, -0.2) is 53.3 Å². The van der Waals surface area contributed by atoms with Crippen molar-refractivity contribution in [3.8, 4) is 5.75 Å². The highest BCUT2D eigenvalue weighted by molar-refractivity contribution is 5.97. The number of hydrogen-bond acceptors (Lipinski definition) is 5. The van der Waals surface area contributed by atoms with E-state index in [1.807, 2.05) is 0 Å². The lowest BCUT2D eigenvalue weighted by atomic mass is 9.89. The molecule has 0 aliphatic carbocycles. The van der Waals surface area contributed by atoms with E-state index >= 15 is 4.39 Å². The summed E-state index contributed by atoms with van der Waals surface area (Å²) in [5.74, 6) is -2.01. The number of rotatable bonds is 4. The number of anilines is 1. The molecule has 3 saturated heterocycles. The second-order valence-electron chi connectivity index (χ2n) is 9.58. The summed E-state index contributed by atoms with van der Waals surface area (Å²) in [5, 5.41) is 6.18. The molecule has 1 amide bonds. The van der Waals surface area contributed by atoms with Gasteiger partial charge in [0.2, 0.25) is 0 Å². The summed E-state index contributed by atoms with van der Waals surface area (Å²) in [6.45, 7) is -2.40. The van der Waals surface area contributed by atoms with Crippen molar-refractivity contribution in [2.24, 2.45) is 0 Å². The van der Waals surface area contributed by atoms with Crippen molar-refractivity contribution in [1.29, 1.82) is 0 Å². The predicted octanol–water partition coefficient (Wildman–Crippen LogP) is 3.87. The average Bonchev–Trinajstić information content (AvgIpc) is 3.27. The monoisotopic (exact) mass is 525 g/mol. The van der Waals surface area contributed by atoms with E-state index < -0.39 is 41.8 Å². The minimum Gasteiger partial charge on any atom is -0.490 e. The van der Waals surface area contributed by atoms with Gasteiger partial charge in [-0.2, -0.15) is 22.0 Å². The Kier molecular flexibility index (Phi) is 5.51. The number of amides is 1. The summed E-state index contributed by atoms with van der Waals surface area (Å²) in [4.78, 5) is 18.2. The van der Waals surface area contributed by atoms with Crippen LogP contribution in [0.2, 0.25) is 0 Å². The first-order valence-corrected chi connectivity index (χ1v) is 11.7. The van der Waals surface area contributed by atoms with Crippen LogP contribution in [0.5, 0.6) is 5.75 Å². The third-order valence-electron chi connectivity index (χ3n) is 7.10. The molecular formula is C24H21F6N5O2. The molecule has 2 bridgehead atoms. The Morgan fingerprint density at radius 2 is 1.95 bits per heavy atom. The highest BCUT2D eigenvalue weighted by Crippen LogP contribution is 2.48. The lowest BCUT2D eigenvalue weighted by Crippen LogP contribution is -2.67. The topological polar surface area (TPSA) is 71.4 Å². The van der Waals surface area contributed by atoms with Gasteiger partial charge in [0.15, 0.2) is 0 Å². The van der Waals surface area contributed by atoms with Crippen LogP contribution in [0.25, 0.3) is 11.0 Å². The second-order valence-corrected chi connectivity index (χ2v) is 9.58. The van der Waals surface area contributed by atoms with E-state index in [9.17, 15) is 26.7 Å². The van der Waals surface area contributed by atoms with Crippen LogP contribution < -0.4 is 20.3 Å². The molecule has 2 unspecified atom stereocenters.